The van der Waals surface area contributed by atoms with E-state index in [2.05, 4.69) is 97.1 Å². The maximum Gasteiger partial charge on any atom is -0.00135 e. The molecule has 0 bridgehead atoms. The average molecular weight is 332 g/mol. The Hall–Kier alpha value is -3.12. The summed E-state index contributed by atoms with van der Waals surface area (Å²) in [5.74, 6) is 0. The zero-order valence-corrected chi connectivity index (χ0v) is 14.7. The standard InChI is InChI=1S/C26H20/c1-5-13-23-19(9-1)17-20-10-2-7-15-25(20)26-16-8-4-12-22(26)18-21-11-3-6-14-24(21)23/h1-16H,17-18H2. The molecule has 0 unspecified atom stereocenters. The summed E-state index contributed by atoms with van der Waals surface area (Å²) >= 11 is 0. The van der Waals surface area contributed by atoms with Crippen LogP contribution in [0.1, 0.15) is 22.3 Å². The van der Waals surface area contributed by atoms with Gasteiger partial charge in [0, 0.05) is 0 Å². The highest BCUT2D eigenvalue weighted by Gasteiger charge is 2.16. The minimum absolute atomic E-state index is 0.953. The molecule has 0 aromatic heterocycles. The lowest BCUT2D eigenvalue weighted by Crippen LogP contribution is -2.02. The highest BCUT2D eigenvalue weighted by Crippen LogP contribution is 2.36. The molecular formula is C26H20. The van der Waals surface area contributed by atoms with Crippen LogP contribution in [0.5, 0.6) is 0 Å². The van der Waals surface area contributed by atoms with Gasteiger partial charge in [-0.1, -0.05) is 97.1 Å². The zero-order chi connectivity index (χ0) is 17.3. The van der Waals surface area contributed by atoms with Crippen molar-refractivity contribution >= 4 is 0 Å². The Labute approximate surface area is 154 Å². The third kappa shape index (κ3) is 2.55. The fourth-order valence-corrected chi connectivity index (χ4v) is 4.16. The molecular weight excluding hydrogens is 312 g/mol. The van der Waals surface area contributed by atoms with Gasteiger partial charge in [-0.25, -0.2) is 0 Å². The second kappa shape index (κ2) is 6.31. The van der Waals surface area contributed by atoms with Gasteiger partial charge in [-0.2, -0.15) is 0 Å². The van der Waals surface area contributed by atoms with E-state index in [1.807, 2.05) is 0 Å². The van der Waals surface area contributed by atoms with E-state index in [1.165, 1.54) is 44.5 Å². The summed E-state index contributed by atoms with van der Waals surface area (Å²) in [7, 11) is 0. The van der Waals surface area contributed by atoms with Crippen LogP contribution in [-0.2, 0) is 12.8 Å². The number of rotatable bonds is 0. The first kappa shape index (κ1) is 15.2. The number of hydrogen-bond acceptors (Lipinski definition) is 0. The van der Waals surface area contributed by atoms with Crippen molar-refractivity contribution in [1.29, 1.82) is 0 Å². The Kier molecular flexibility index (Phi) is 3.68. The summed E-state index contributed by atoms with van der Waals surface area (Å²) in [6.07, 6.45) is 1.91. The van der Waals surface area contributed by atoms with Crippen molar-refractivity contribution in [3.63, 3.8) is 0 Å². The van der Waals surface area contributed by atoms with Crippen molar-refractivity contribution in [3.8, 4) is 22.3 Å². The Morgan fingerprint density at radius 2 is 0.538 bits per heavy atom. The maximum atomic E-state index is 2.27. The fraction of sp³-hybridized carbons (Fsp3) is 0.0769. The molecule has 0 saturated heterocycles. The monoisotopic (exact) mass is 332 g/mol. The van der Waals surface area contributed by atoms with Gasteiger partial charge in [-0.15, -0.1) is 0 Å². The zero-order valence-electron chi connectivity index (χ0n) is 14.7. The number of fused-ring (bicyclic) bond motifs is 6. The molecule has 0 spiro atoms. The van der Waals surface area contributed by atoms with Crippen LogP contribution in [0.15, 0.2) is 97.1 Å². The molecule has 26 heavy (non-hydrogen) atoms. The molecule has 5 rings (SSSR count). The van der Waals surface area contributed by atoms with Crippen molar-refractivity contribution in [2.24, 2.45) is 0 Å². The molecule has 0 radical (unpaired) electrons. The molecule has 1 aliphatic rings. The van der Waals surface area contributed by atoms with Crippen molar-refractivity contribution in [2.75, 3.05) is 0 Å². The van der Waals surface area contributed by atoms with Gasteiger partial charge in [-0.3, -0.25) is 0 Å². The lowest BCUT2D eigenvalue weighted by molar-refractivity contribution is 1.15. The van der Waals surface area contributed by atoms with Crippen LogP contribution in [0.3, 0.4) is 0 Å². The molecule has 0 heteroatoms. The lowest BCUT2D eigenvalue weighted by atomic mass is 9.84. The minimum Gasteiger partial charge on any atom is -0.0619 e. The Morgan fingerprint density at radius 1 is 0.308 bits per heavy atom. The average Bonchev–Trinajstić information content (AvgIpc) is 2.70. The normalized spacial score (nSPS) is 12.3. The Bertz CT molecular complexity index is 912. The van der Waals surface area contributed by atoms with Gasteiger partial charge in [0.2, 0.25) is 0 Å². The van der Waals surface area contributed by atoms with Crippen molar-refractivity contribution in [1.82, 2.24) is 0 Å². The highest BCUT2D eigenvalue weighted by atomic mass is 14.2. The van der Waals surface area contributed by atoms with Gasteiger partial charge in [0.05, 0.1) is 0 Å². The second-order valence-corrected chi connectivity index (χ2v) is 6.98. The third-order valence-electron chi connectivity index (χ3n) is 5.41. The Morgan fingerprint density at radius 3 is 0.808 bits per heavy atom. The van der Waals surface area contributed by atoms with E-state index in [-0.39, 0.29) is 0 Å². The van der Waals surface area contributed by atoms with Gasteiger partial charge in [0.15, 0.2) is 0 Å². The molecule has 0 amide bonds. The van der Waals surface area contributed by atoms with Crippen molar-refractivity contribution in [2.45, 2.75) is 12.8 Å². The first-order chi connectivity index (χ1) is 12.9. The smallest absolute Gasteiger partial charge is 0.00135 e. The summed E-state index contributed by atoms with van der Waals surface area (Å²) in [5.41, 5.74) is 11.0. The summed E-state index contributed by atoms with van der Waals surface area (Å²) in [6, 6.07) is 35.4. The maximum absolute atomic E-state index is 2.27. The molecule has 4 aromatic carbocycles. The summed E-state index contributed by atoms with van der Waals surface area (Å²) < 4.78 is 0. The van der Waals surface area contributed by atoms with E-state index in [9.17, 15) is 0 Å². The van der Waals surface area contributed by atoms with E-state index in [0.717, 1.165) is 12.8 Å². The first-order valence-electron chi connectivity index (χ1n) is 9.22. The van der Waals surface area contributed by atoms with E-state index in [0.29, 0.717) is 0 Å². The molecule has 0 aliphatic heterocycles. The Balaban J connectivity index is 1.84. The van der Waals surface area contributed by atoms with Crippen LogP contribution in [-0.4, -0.2) is 0 Å². The largest absolute Gasteiger partial charge is 0.0619 e. The van der Waals surface area contributed by atoms with Crippen LogP contribution < -0.4 is 0 Å². The van der Waals surface area contributed by atoms with Crippen LogP contribution in [0, 0.1) is 0 Å². The highest BCUT2D eigenvalue weighted by molar-refractivity contribution is 5.77. The topological polar surface area (TPSA) is 0 Å². The van der Waals surface area contributed by atoms with Gasteiger partial charge in [0.1, 0.15) is 0 Å². The second-order valence-electron chi connectivity index (χ2n) is 6.98. The summed E-state index contributed by atoms with van der Waals surface area (Å²) in [5, 5.41) is 0. The van der Waals surface area contributed by atoms with Crippen molar-refractivity contribution in [3.05, 3.63) is 119 Å². The molecule has 4 aromatic rings. The lowest BCUT2D eigenvalue weighted by Gasteiger charge is -2.20. The molecule has 0 atom stereocenters. The summed E-state index contributed by atoms with van der Waals surface area (Å²) in [6.45, 7) is 0. The number of hydrogen-bond donors (Lipinski definition) is 0. The van der Waals surface area contributed by atoms with Gasteiger partial charge in [0.25, 0.3) is 0 Å². The molecule has 0 N–H and O–H groups in total. The molecule has 124 valence electrons. The molecule has 0 saturated carbocycles. The molecule has 0 nitrogen and oxygen atoms in total. The number of benzene rings is 4. The third-order valence-corrected chi connectivity index (χ3v) is 5.41. The van der Waals surface area contributed by atoms with Gasteiger partial charge < -0.3 is 0 Å². The van der Waals surface area contributed by atoms with E-state index in [1.54, 1.807) is 0 Å². The molecule has 0 heterocycles. The van der Waals surface area contributed by atoms with Gasteiger partial charge in [-0.05, 0) is 57.3 Å². The predicted octanol–water partition coefficient (Wildman–Crippen LogP) is 6.52. The minimum atomic E-state index is 0.953. The molecule has 0 fully saturated rings. The predicted molar refractivity (Wildman–Crippen MR) is 109 cm³/mol. The first-order valence-corrected chi connectivity index (χ1v) is 9.22. The van der Waals surface area contributed by atoms with E-state index in [4.69, 9.17) is 0 Å². The van der Waals surface area contributed by atoms with Crippen LogP contribution in [0.4, 0.5) is 0 Å². The van der Waals surface area contributed by atoms with Crippen molar-refractivity contribution < 1.29 is 0 Å². The quantitative estimate of drug-likeness (QED) is 0.303. The SMILES string of the molecule is c1ccc2c(c1)Cc1ccccc1-c1ccccc1Cc1ccccc1-2. The van der Waals surface area contributed by atoms with Gasteiger partial charge >= 0.3 is 0 Å². The summed E-state index contributed by atoms with van der Waals surface area (Å²) in [4.78, 5) is 0. The van der Waals surface area contributed by atoms with Crippen LogP contribution in [0.25, 0.3) is 22.3 Å². The molecule has 1 aliphatic carbocycles. The van der Waals surface area contributed by atoms with E-state index >= 15 is 0 Å². The fourth-order valence-electron chi connectivity index (χ4n) is 4.16. The van der Waals surface area contributed by atoms with E-state index < -0.39 is 0 Å². The van der Waals surface area contributed by atoms with Crippen LogP contribution in [0.2, 0.25) is 0 Å². The van der Waals surface area contributed by atoms with Crippen LogP contribution >= 0.6 is 0 Å².